The molecule has 0 aliphatic heterocycles. The fourth-order valence-corrected chi connectivity index (χ4v) is 1.35. The third-order valence-electron chi connectivity index (χ3n) is 2.15. The molecule has 0 aromatic carbocycles. The van der Waals surface area contributed by atoms with Crippen LogP contribution in [0.1, 0.15) is 18.7 Å². The van der Waals surface area contributed by atoms with Crippen molar-refractivity contribution in [3.8, 4) is 0 Å². The van der Waals surface area contributed by atoms with Crippen LogP contribution in [-0.4, -0.2) is 35.7 Å². The Morgan fingerprint density at radius 1 is 1.75 bits per heavy atom. The van der Waals surface area contributed by atoms with Crippen molar-refractivity contribution in [2.24, 2.45) is 5.73 Å². The van der Waals surface area contributed by atoms with Gasteiger partial charge in [-0.15, -0.1) is 0 Å². The number of hydrogen-bond acceptors (Lipinski definition) is 4. The lowest BCUT2D eigenvalue weighted by Gasteiger charge is -2.10. The number of methoxy groups -OCH3 is 1. The number of nitrogens with one attached hydrogen (secondary N) is 1. The lowest BCUT2D eigenvalue weighted by molar-refractivity contribution is -0.121. The molecule has 0 bridgehead atoms. The number of carbonyl (C=O) groups is 1. The Hall–Kier alpha value is -1.40. The molecule has 0 fully saturated rings. The minimum Gasteiger partial charge on any atom is -0.383 e. The molecular weight excluding hydrogens is 208 g/mol. The third kappa shape index (κ3) is 3.63. The van der Waals surface area contributed by atoms with E-state index in [9.17, 15) is 4.79 Å². The molecule has 1 amide bonds. The van der Waals surface area contributed by atoms with Gasteiger partial charge in [0.25, 0.3) is 0 Å². The van der Waals surface area contributed by atoms with Gasteiger partial charge in [0.05, 0.1) is 18.6 Å². The Labute approximate surface area is 94.8 Å². The summed E-state index contributed by atoms with van der Waals surface area (Å²) in [6.07, 6.45) is 3.28. The highest BCUT2D eigenvalue weighted by Gasteiger charge is 2.09. The maximum Gasteiger partial charge on any atom is 0.240 e. The molecule has 1 rings (SSSR count). The molecule has 1 atom stereocenters. The summed E-state index contributed by atoms with van der Waals surface area (Å²) in [5, 5.41) is 2.73. The maximum absolute atomic E-state index is 11.5. The Morgan fingerprint density at radius 3 is 3.12 bits per heavy atom. The molecule has 1 unspecified atom stereocenters. The number of nitrogens with two attached hydrogens (primary N) is 1. The molecule has 90 valence electrons. The quantitative estimate of drug-likeness (QED) is 0.650. The summed E-state index contributed by atoms with van der Waals surface area (Å²) in [5.41, 5.74) is 6.59. The van der Waals surface area contributed by atoms with Gasteiger partial charge >= 0.3 is 0 Å². The van der Waals surface area contributed by atoms with Gasteiger partial charge in [-0.2, -0.15) is 0 Å². The molecule has 1 heterocycles. The molecule has 0 saturated carbocycles. The molecule has 3 N–H and O–H groups in total. The van der Waals surface area contributed by atoms with E-state index in [4.69, 9.17) is 10.5 Å². The van der Waals surface area contributed by atoms with Gasteiger partial charge < -0.3 is 20.4 Å². The number of aromatic nitrogens is 2. The maximum atomic E-state index is 11.5. The van der Waals surface area contributed by atoms with Crippen molar-refractivity contribution in [2.45, 2.75) is 19.5 Å². The van der Waals surface area contributed by atoms with Gasteiger partial charge in [-0.3, -0.25) is 4.79 Å². The average Bonchev–Trinajstić information content (AvgIpc) is 2.66. The lowest BCUT2D eigenvalue weighted by atomic mass is 10.3. The fraction of sp³-hybridized carbons (Fsp3) is 0.600. The molecule has 0 spiro atoms. The Kier molecular flexibility index (Phi) is 4.94. The van der Waals surface area contributed by atoms with Crippen LogP contribution >= 0.6 is 0 Å². The average molecular weight is 226 g/mol. The summed E-state index contributed by atoms with van der Waals surface area (Å²) in [6, 6.07) is -0.130. The van der Waals surface area contributed by atoms with Gasteiger partial charge in [-0.25, -0.2) is 4.98 Å². The summed E-state index contributed by atoms with van der Waals surface area (Å²) in [6.45, 7) is 3.12. The van der Waals surface area contributed by atoms with E-state index in [1.54, 1.807) is 24.2 Å². The monoisotopic (exact) mass is 226 g/mol. The zero-order chi connectivity index (χ0) is 12.0. The number of hydrogen-bond donors (Lipinski definition) is 2. The van der Waals surface area contributed by atoms with Crippen LogP contribution in [0, 0.1) is 0 Å². The van der Waals surface area contributed by atoms with Crippen molar-refractivity contribution in [1.29, 1.82) is 0 Å². The number of carbonyl (C=O) groups excluding carboxylic acids is 1. The minimum atomic E-state index is -0.130. The van der Waals surface area contributed by atoms with Gasteiger partial charge in [0, 0.05) is 25.9 Å². The molecule has 0 aliphatic rings. The Bertz CT molecular complexity index is 335. The SMILES string of the molecule is COCCNC(=O)Cn1cncc1C(C)N. The summed E-state index contributed by atoms with van der Waals surface area (Å²) in [7, 11) is 1.59. The number of rotatable bonds is 6. The molecule has 6 nitrogen and oxygen atoms in total. The van der Waals surface area contributed by atoms with Crippen molar-refractivity contribution < 1.29 is 9.53 Å². The van der Waals surface area contributed by atoms with Crippen molar-refractivity contribution in [2.75, 3.05) is 20.3 Å². The fourth-order valence-electron chi connectivity index (χ4n) is 1.35. The van der Waals surface area contributed by atoms with Gasteiger partial charge in [0.1, 0.15) is 6.54 Å². The Balaban J connectivity index is 2.46. The Morgan fingerprint density at radius 2 is 2.50 bits per heavy atom. The predicted octanol–water partition coefficient (Wildman–Crippen LogP) is -0.335. The van der Waals surface area contributed by atoms with Crippen molar-refractivity contribution in [1.82, 2.24) is 14.9 Å². The van der Waals surface area contributed by atoms with Crippen molar-refractivity contribution >= 4 is 5.91 Å². The molecule has 0 aliphatic carbocycles. The number of imidazole rings is 1. The first-order valence-corrected chi connectivity index (χ1v) is 5.16. The van der Waals surface area contributed by atoms with Crippen molar-refractivity contribution in [3.63, 3.8) is 0 Å². The summed E-state index contributed by atoms with van der Waals surface area (Å²) < 4.78 is 6.58. The minimum absolute atomic E-state index is 0.0723. The molecular formula is C10H18N4O2. The van der Waals surface area contributed by atoms with Gasteiger partial charge in [-0.1, -0.05) is 0 Å². The topological polar surface area (TPSA) is 82.2 Å². The standard InChI is InChI=1S/C10H18N4O2/c1-8(11)9-5-12-7-14(9)6-10(15)13-3-4-16-2/h5,7-8H,3-4,6,11H2,1-2H3,(H,13,15). The van der Waals surface area contributed by atoms with E-state index in [1.807, 2.05) is 6.92 Å². The summed E-state index contributed by atoms with van der Waals surface area (Å²) in [4.78, 5) is 15.5. The van der Waals surface area contributed by atoms with Crippen LogP contribution in [0.4, 0.5) is 0 Å². The molecule has 1 aromatic heterocycles. The van der Waals surface area contributed by atoms with Gasteiger partial charge in [0.2, 0.25) is 5.91 Å². The normalized spacial score (nSPS) is 12.4. The second-order valence-electron chi connectivity index (χ2n) is 3.58. The van der Waals surface area contributed by atoms with Crippen LogP contribution in [0.3, 0.4) is 0 Å². The highest BCUT2D eigenvalue weighted by atomic mass is 16.5. The third-order valence-corrected chi connectivity index (χ3v) is 2.15. The smallest absolute Gasteiger partial charge is 0.240 e. The number of nitrogens with zero attached hydrogens (tertiary/aromatic N) is 2. The predicted molar refractivity (Wildman–Crippen MR) is 59.7 cm³/mol. The lowest BCUT2D eigenvalue weighted by Crippen LogP contribution is -2.31. The first-order chi connectivity index (χ1) is 7.65. The summed E-state index contributed by atoms with van der Waals surface area (Å²) >= 11 is 0. The number of ether oxygens (including phenoxy) is 1. The van der Waals surface area contributed by atoms with E-state index >= 15 is 0 Å². The van der Waals surface area contributed by atoms with E-state index in [0.717, 1.165) is 5.69 Å². The molecule has 0 saturated heterocycles. The zero-order valence-electron chi connectivity index (χ0n) is 9.64. The van der Waals surface area contributed by atoms with Crippen LogP contribution in [-0.2, 0) is 16.1 Å². The van der Waals surface area contributed by atoms with E-state index in [0.29, 0.717) is 13.2 Å². The highest BCUT2D eigenvalue weighted by Crippen LogP contribution is 2.07. The van der Waals surface area contributed by atoms with E-state index in [-0.39, 0.29) is 18.5 Å². The molecule has 0 radical (unpaired) electrons. The van der Waals surface area contributed by atoms with Gasteiger partial charge in [0.15, 0.2) is 0 Å². The van der Waals surface area contributed by atoms with Crippen molar-refractivity contribution in [3.05, 3.63) is 18.2 Å². The van der Waals surface area contributed by atoms with E-state index in [2.05, 4.69) is 10.3 Å². The largest absolute Gasteiger partial charge is 0.383 e. The highest BCUT2D eigenvalue weighted by molar-refractivity contribution is 5.75. The van der Waals surface area contributed by atoms with Gasteiger partial charge in [-0.05, 0) is 6.92 Å². The second-order valence-corrected chi connectivity index (χ2v) is 3.58. The van der Waals surface area contributed by atoms with Crippen LogP contribution in [0.15, 0.2) is 12.5 Å². The van der Waals surface area contributed by atoms with Crippen LogP contribution in [0.5, 0.6) is 0 Å². The van der Waals surface area contributed by atoms with Crippen LogP contribution in [0.2, 0.25) is 0 Å². The molecule has 16 heavy (non-hydrogen) atoms. The molecule has 6 heteroatoms. The first-order valence-electron chi connectivity index (χ1n) is 5.16. The second kappa shape index (κ2) is 6.24. The van der Waals surface area contributed by atoms with E-state index in [1.165, 1.54) is 0 Å². The van der Waals surface area contributed by atoms with E-state index < -0.39 is 0 Å². The van der Waals surface area contributed by atoms with Crippen LogP contribution in [0.25, 0.3) is 0 Å². The first kappa shape index (κ1) is 12.7. The number of amides is 1. The van der Waals surface area contributed by atoms with Crippen LogP contribution < -0.4 is 11.1 Å². The zero-order valence-corrected chi connectivity index (χ0v) is 9.64. The molecule has 1 aromatic rings. The summed E-state index contributed by atoms with van der Waals surface area (Å²) in [5.74, 6) is -0.0723.